The molecule has 1 heterocycles. The Labute approximate surface area is 209 Å². The van der Waals surface area contributed by atoms with E-state index in [1.54, 1.807) is 16.4 Å². The van der Waals surface area contributed by atoms with Crippen molar-refractivity contribution in [3.05, 3.63) is 138 Å². The number of benzene rings is 4. The minimum absolute atomic E-state index is 0.352. The van der Waals surface area contributed by atoms with Crippen molar-refractivity contribution in [2.24, 2.45) is 0 Å². The van der Waals surface area contributed by atoms with Crippen LogP contribution in [0.15, 0.2) is 131 Å². The van der Waals surface area contributed by atoms with Crippen LogP contribution in [0.25, 0.3) is 5.69 Å². The molecular weight excluding hydrogens is 452 g/mol. The third-order valence-electron chi connectivity index (χ3n) is 5.63. The first-order chi connectivity index (χ1) is 17.2. The first-order valence-electron chi connectivity index (χ1n) is 11.4. The lowest BCUT2D eigenvalue weighted by atomic mass is 9.91. The number of esters is 1. The third kappa shape index (κ3) is 5.05. The molecule has 0 atom stereocenters. The largest absolute Gasteiger partial charge is 0.405 e. The van der Waals surface area contributed by atoms with Crippen molar-refractivity contribution in [3.63, 3.8) is 0 Å². The molecular formula is C30H24N2O2S. The molecule has 0 amide bonds. The highest BCUT2D eigenvalue weighted by atomic mass is 32.2. The van der Waals surface area contributed by atoms with Crippen molar-refractivity contribution < 1.29 is 9.53 Å². The van der Waals surface area contributed by atoms with Crippen LogP contribution in [0.1, 0.15) is 22.7 Å². The number of carbonyl (C=O) groups excluding carboxylic acids is 1. The molecule has 5 aromatic rings. The van der Waals surface area contributed by atoms with Gasteiger partial charge in [-0.3, -0.25) is 4.79 Å². The van der Waals surface area contributed by atoms with Crippen LogP contribution < -0.4 is 4.74 Å². The Morgan fingerprint density at radius 3 is 1.77 bits per heavy atom. The van der Waals surface area contributed by atoms with Gasteiger partial charge in [-0.1, -0.05) is 109 Å². The van der Waals surface area contributed by atoms with Crippen LogP contribution in [0, 0.1) is 6.92 Å². The van der Waals surface area contributed by atoms with Gasteiger partial charge in [-0.05, 0) is 42.3 Å². The molecule has 4 aromatic carbocycles. The molecule has 0 aliphatic carbocycles. The van der Waals surface area contributed by atoms with E-state index in [9.17, 15) is 4.79 Å². The Balaban J connectivity index is 1.59. The number of carbonyl (C=O) groups is 1. The molecule has 0 saturated carbocycles. The maximum atomic E-state index is 13.8. The van der Waals surface area contributed by atoms with Crippen LogP contribution in [-0.4, -0.2) is 15.7 Å². The molecule has 0 unspecified atom stereocenters. The number of ether oxygens (including phenoxy) is 1. The predicted molar refractivity (Wildman–Crippen MR) is 139 cm³/mol. The summed E-state index contributed by atoms with van der Waals surface area (Å²) in [6.45, 7) is 1.94. The summed E-state index contributed by atoms with van der Waals surface area (Å²) in [4.78, 5) is 15.7. The van der Waals surface area contributed by atoms with Crippen molar-refractivity contribution in [1.29, 1.82) is 0 Å². The van der Waals surface area contributed by atoms with Gasteiger partial charge in [0.25, 0.3) is 0 Å². The average Bonchev–Trinajstić information content (AvgIpc) is 3.21. The van der Waals surface area contributed by atoms with E-state index in [2.05, 4.69) is 0 Å². The Bertz CT molecular complexity index is 1360. The average molecular weight is 477 g/mol. The molecule has 4 nitrogen and oxygen atoms in total. The van der Waals surface area contributed by atoms with E-state index in [4.69, 9.17) is 9.84 Å². The highest BCUT2D eigenvalue weighted by Crippen LogP contribution is 2.40. The number of aromatic nitrogens is 2. The SMILES string of the molecule is Cc1nn(-c2ccccc2)c(OC(=O)C(c2ccccc2)c2ccccc2)c1Sc1ccccc1. The second-order valence-corrected chi connectivity index (χ2v) is 9.14. The quantitative estimate of drug-likeness (QED) is 0.236. The number of aryl methyl sites for hydroxylation is 1. The molecule has 0 aliphatic rings. The minimum atomic E-state index is -0.564. The van der Waals surface area contributed by atoms with Gasteiger partial charge < -0.3 is 4.74 Å². The van der Waals surface area contributed by atoms with E-state index in [1.165, 1.54) is 0 Å². The summed E-state index contributed by atoms with van der Waals surface area (Å²) in [5, 5.41) is 4.75. The van der Waals surface area contributed by atoms with Crippen LogP contribution in [0.3, 0.4) is 0 Å². The van der Waals surface area contributed by atoms with Crippen molar-refractivity contribution in [2.75, 3.05) is 0 Å². The minimum Gasteiger partial charge on any atom is -0.405 e. The molecule has 0 aliphatic heterocycles. The summed E-state index contributed by atoms with van der Waals surface area (Å²) in [6.07, 6.45) is 0. The van der Waals surface area contributed by atoms with Crippen molar-refractivity contribution in [1.82, 2.24) is 9.78 Å². The summed E-state index contributed by atoms with van der Waals surface area (Å²) in [6, 6.07) is 39.2. The number of hydrogen-bond donors (Lipinski definition) is 0. The molecule has 0 radical (unpaired) electrons. The molecule has 5 rings (SSSR count). The number of para-hydroxylation sites is 1. The first-order valence-corrected chi connectivity index (χ1v) is 12.2. The molecule has 0 N–H and O–H groups in total. The zero-order valence-corrected chi connectivity index (χ0v) is 20.1. The van der Waals surface area contributed by atoms with Crippen molar-refractivity contribution >= 4 is 17.7 Å². The second kappa shape index (κ2) is 10.5. The standard InChI is InChI=1S/C30H24N2O2S/c1-22-28(35-26-20-12-5-13-21-26)29(32(31-22)25-18-10-4-11-19-25)34-30(33)27(23-14-6-2-7-15-23)24-16-8-3-9-17-24/h2-21,27H,1H3. The van der Waals surface area contributed by atoms with E-state index in [-0.39, 0.29) is 5.97 Å². The molecule has 1 aromatic heterocycles. The van der Waals surface area contributed by atoms with Gasteiger partial charge in [0.1, 0.15) is 5.92 Å². The van der Waals surface area contributed by atoms with Gasteiger partial charge in [-0.25, -0.2) is 0 Å². The molecule has 0 spiro atoms. The van der Waals surface area contributed by atoms with Crippen LogP contribution in [0.2, 0.25) is 0 Å². The summed E-state index contributed by atoms with van der Waals surface area (Å²) in [7, 11) is 0. The molecule has 0 fully saturated rings. The maximum Gasteiger partial charge on any atom is 0.324 e. The Hall–Kier alpha value is -4.09. The zero-order valence-electron chi connectivity index (χ0n) is 19.2. The molecule has 0 saturated heterocycles. The van der Waals surface area contributed by atoms with Gasteiger partial charge in [-0.2, -0.15) is 9.78 Å². The van der Waals surface area contributed by atoms with Crippen LogP contribution >= 0.6 is 11.8 Å². The number of rotatable bonds is 7. The van der Waals surface area contributed by atoms with Crippen LogP contribution in [0.5, 0.6) is 5.88 Å². The lowest BCUT2D eigenvalue weighted by molar-refractivity contribution is -0.135. The Kier molecular flexibility index (Phi) is 6.77. The summed E-state index contributed by atoms with van der Waals surface area (Å²) >= 11 is 1.54. The topological polar surface area (TPSA) is 44.1 Å². The Morgan fingerprint density at radius 1 is 0.743 bits per heavy atom. The number of hydrogen-bond acceptors (Lipinski definition) is 4. The predicted octanol–water partition coefficient (Wildman–Crippen LogP) is 7.07. The lowest BCUT2D eigenvalue weighted by Gasteiger charge is -2.18. The highest BCUT2D eigenvalue weighted by Gasteiger charge is 2.29. The van der Waals surface area contributed by atoms with Crippen molar-refractivity contribution in [2.45, 2.75) is 22.6 Å². The lowest BCUT2D eigenvalue weighted by Crippen LogP contribution is -2.21. The summed E-state index contributed by atoms with van der Waals surface area (Å²) in [5.74, 6) is -0.495. The van der Waals surface area contributed by atoms with E-state index in [1.807, 2.05) is 128 Å². The zero-order chi connectivity index (χ0) is 24.0. The van der Waals surface area contributed by atoms with E-state index < -0.39 is 5.92 Å². The first kappa shape index (κ1) is 22.7. The van der Waals surface area contributed by atoms with E-state index in [0.29, 0.717) is 5.88 Å². The number of nitrogens with zero attached hydrogens (tertiary/aromatic N) is 2. The van der Waals surface area contributed by atoms with Gasteiger partial charge >= 0.3 is 5.97 Å². The third-order valence-corrected chi connectivity index (χ3v) is 6.81. The van der Waals surface area contributed by atoms with E-state index in [0.717, 1.165) is 32.3 Å². The summed E-state index contributed by atoms with van der Waals surface area (Å²) < 4.78 is 7.95. The monoisotopic (exact) mass is 476 g/mol. The van der Waals surface area contributed by atoms with E-state index >= 15 is 0 Å². The van der Waals surface area contributed by atoms with Gasteiger partial charge in [0.2, 0.25) is 5.88 Å². The molecule has 172 valence electrons. The van der Waals surface area contributed by atoms with Crippen LogP contribution in [-0.2, 0) is 4.79 Å². The van der Waals surface area contributed by atoms with Gasteiger partial charge in [0, 0.05) is 4.90 Å². The van der Waals surface area contributed by atoms with Gasteiger partial charge in [0.05, 0.1) is 16.3 Å². The molecule has 5 heteroatoms. The molecule has 0 bridgehead atoms. The second-order valence-electron chi connectivity index (χ2n) is 8.06. The maximum absolute atomic E-state index is 13.8. The Morgan fingerprint density at radius 2 is 1.23 bits per heavy atom. The fraction of sp³-hybridized carbons (Fsp3) is 0.0667. The van der Waals surface area contributed by atoms with Crippen LogP contribution in [0.4, 0.5) is 0 Å². The normalized spacial score (nSPS) is 10.9. The fourth-order valence-corrected chi connectivity index (χ4v) is 4.89. The fourth-order valence-electron chi connectivity index (χ4n) is 3.96. The smallest absolute Gasteiger partial charge is 0.324 e. The van der Waals surface area contributed by atoms with Gasteiger partial charge in [0.15, 0.2) is 0 Å². The molecule has 35 heavy (non-hydrogen) atoms. The van der Waals surface area contributed by atoms with Crippen molar-refractivity contribution in [3.8, 4) is 11.6 Å². The summed E-state index contributed by atoms with van der Waals surface area (Å²) in [5.41, 5.74) is 3.38. The van der Waals surface area contributed by atoms with Gasteiger partial charge in [-0.15, -0.1) is 0 Å². The highest BCUT2D eigenvalue weighted by molar-refractivity contribution is 7.99.